The highest BCUT2D eigenvalue weighted by molar-refractivity contribution is 5.35. The molecular formula is C33H51N. The maximum atomic E-state index is 4.50. The number of hydrogen-bond donors (Lipinski definition) is 0. The zero-order valence-corrected chi connectivity index (χ0v) is 23.1. The molecule has 0 fully saturated rings. The minimum Gasteiger partial charge on any atom is -0.292 e. The third-order valence-corrected chi connectivity index (χ3v) is 6.97. The first-order valence-corrected chi connectivity index (χ1v) is 13.9. The van der Waals surface area contributed by atoms with Crippen LogP contribution in [0.15, 0.2) is 60.7 Å². The van der Waals surface area contributed by atoms with Crippen molar-refractivity contribution in [1.29, 1.82) is 0 Å². The molecule has 1 unspecified atom stereocenters. The average Bonchev–Trinajstić information content (AvgIpc) is 2.79. The zero-order valence-electron chi connectivity index (χ0n) is 23.1. The molecule has 0 aliphatic carbocycles. The fourth-order valence-corrected chi connectivity index (χ4v) is 5.20. The van der Waals surface area contributed by atoms with E-state index >= 15 is 0 Å². The average molecular weight is 462 g/mol. The van der Waals surface area contributed by atoms with E-state index in [2.05, 4.69) is 102 Å². The lowest BCUT2D eigenvalue weighted by atomic mass is 9.89. The summed E-state index contributed by atoms with van der Waals surface area (Å²) in [7, 11) is 0. The molecule has 1 heteroatoms. The summed E-state index contributed by atoms with van der Waals surface area (Å²) < 4.78 is 0. The molecule has 0 N–H and O–H groups in total. The van der Waals surface area contributed by atoms with Crippen LogP contribution in [0.25, 0.3) is 0 Å². The van der Waals surface area contributed by atoms with E-state index in [0.29, 0.717) is 12.0 Å². The molecule has 0 saturated carbocycles. The van der Waals surface area contributed by atoms with Gasteiger partial charge < -0.3 is 0 Å². The van der Waals surface area contributed by atoms with E-state index in [1.807, 2.05) is 0 Å². The predicted octanol–water partition coefficient (Wildman–Crippen LogP) is 9.68. The fourth-order valence-electron chi connectivity index (χ4n) is 5.20. The lowest BCUT2D eigenvalue weighted by Crippen LogP contribution is -2.34. The van der Waals surface area contributed by atoms with Crippen molar-refractivity contribution in [3.05, 3.63) is 82.9 Å². The van der Waals surface area contributed by atoms with Crippen LogP contribution in [-0.2, 0) is 0 Å². The molecular weight excluding hydrogens is 410 g/mol. The third-order valence-electron chi connectivity index (χ3n) is 6.97. The Hall–Kier alpha value is -1.86. The van der Waals surface area contributed by atoms with Gasteiger partial charge in [0.2, 0.25) is 0 Å². The number of aryl methyl sites for hydroxylation is 2. The Morgan fingerprint density at radius 1 is 0.794 bits per heavy atom. The normalized spacial score (nSPS) is 12.6. The highest BCUT2D eigenvalue weighted by Gasteiger charge is 2.23. The highest BCUT2D eigenvalue weighted by Crippen LogP contribution is 2.31. The third kappa shape index (κ3) is 9.79. The molecule has 188 valence electrons. The lowest BCUT2D eigenvalue weighted by molar-refractivity contribution is 0.198. The maximum absolute atomic E-state index is 4.50. The van der Waals surface area contributed by atoms with Crippen LogP contribution in [0.3, 0.4) is 0 Å². The molecule has 0 aliphatic heterocycles. The van der Waals surface area contributed by atoms with Crippen molar-refractivity contribution in [3.8, 4) is 0 Å². The molecule has 0 aliphatic rings. The molecule has 0 bridgehead atoms. The quantitative estimate of drug-likeness (QED) is 0.225. The fraction of sp³-hybridized carbons (Fsp3) is 0.576. The number of rotatable bonds is 16. The van der Waals surface area contributed by atoms with E-state index in [1.165, 1.54) is 72.8 Å². The van der Waals surface area contributed by atoms with Crippen LogP contribution in [0.2, 0.25) is 0 Å². The molecule has 0 amide bonds. The van der Waals surface area contributed by atoms with Crippen LogP contribution in [0.5, 0.6) is 0 Å². The van der Waals surface area contributed by atoms with Crippen molar-refractivity contribution in [3.63, 3.8) is 0 Å². The Labute approximate surface area is 211 Å². The summed E-state index contributed by atoms with van der Waals surface area (Å²) in [6, 6.07) is 18.7. The second-order valence-corrected chi connectivity index (χ2v) is 11.0. The summed E-state index contributed by atoms with van der Waals surface area (Å²) in [6.07, 6.45) is 10.2. The Bertz CT molecular complexity index is 769. The van der Waals surface area contributed by atoms with Crippen molar-refractivity contribution >= 4 is 0 Å². The molecule has 0 radical (unpaired) electrons. The lowest BCUT2D eigenvalue weighted by Gasteiger charge is -2.34. The van der Waals surface area contributed by atoms with E-state index < -0.39 is 0 Å². The SMILES string of the molecule is C=C(CCCN(CC(C)C)C(c1ccc(C)cc1)c1ccc(C)cc1)CC(CCC)CCCC. The Morgan fingerprint density at radius 3 is 1.82 bits per heavy atom. The number of hydrogen-bond acceptors (Lipinski definition) is 1. The van der Waals surface area contributed by atoms with Gasteiger partial charge in [0.25, 0.3) is 0 Å². The molecule has 2 rings (SSSR count). The minimum absolute atomic E-state index is 0.300. The highest BCUT2D eigenvalue weighted by atomic mass is 15.2. The van der Waals surface area contributed by atoms with Crippen LogP contribution in [0, 0.1) is 25.7 Å². The molecule has 0 aromatic heterocycles. The van der Waals surface area contributed by atoms with Gasteiger partial charge in [-0.25, -0.2) is 0 Å². The first kappa shape index (κ1) is 28.4. The van der Waals surface area contributed by atoms with Crippen LogP contribution >= 0.6 is 0 Å². The summed E-state index contributed by atoms with van der Waals surface area (Å²) in [6.45, 7) is 20.4. The summed E-state index contributed by atoms with van der Waals surface area (Å²) in [5, 5.41) is 0. The van der Waals surface area contributed by atoms with Crippen molar-refractivity contribution in [2.24, 2.45) is 11.8 Å². The molecule has 0 saturated heterocycles. The predicted molar refractivity (Wildman–Crippen MR) is 152 cm³/mol. The van der Waals surface area contributed by atoms with Gasteiger partial charge in [0, 0.05) is 6.54 Å². The molecule has 34 heavy (non-hydrogen) atoms. The Kier molecular flexibility index (Phi) is 12.7. The van der Waals surface area contributed by atoms with Crippen molar-refractivity contribution in [2.45, 2.75) is 99.0 Å². The van der Waals surface area contributed by atoms with Gasteiger partial charge >= 0.3 is 0 Å². The van der Waals surface area contributed by atoms with Gasteiger partial charge in [-0.3, -0.25) is 4.90 Å². The summed E-state index contributed by atoms with van der Waals surface area (Å²) in [5.74, 6) is 1.46. The molecule has 2 aromatic carbocycles. The van der Waals surface area contributed by atoms with E-state index in [0.717, 1.165) is 25.4 Å². The van der Waals surface area contributed by atoms with Crippen LogP contribution in [0.4, 0.5) is 0 Å². The van der Waals surface area contributed by atoms with Gasteiger partial charge in [-0.05, 0) is 62.6 Å². The first-order valence-electron chi connectivity index (χ1n) is 13.9. The number of nitrogens with zero attached hydrogens (tertiary/aromatic N) is 1. The summed E-state index contributed by atoms with van der Waals surface area (Å²) >= 11 is 0. The van der Waals surface area contributed by atoms with Crippen LogP contribution < -0.4 is 0 Å². The van der Waals surface area contributed by atoms with Gasteiger partial charge in [0.15, 0.2) is 0 Å². The standard InChI is InChI=1S/C33H51N/c1-8-10-14-30(12-9-2)24-29(7)13-11-23-34(25-26(3)4)33(31-19-15-27(5)16-20-31)32-21-17-28(6)18-22-32/h15-22,26,30,33H,7-14,23-25H2,1-6H3. The van der Waals surface area contributed by atoms with Gasteiger partial charge in [0.1, 0.15) is 0 Å². The Balaban J connectivity index is 2.14. The second kappa shape index (κ2) is 15.2. The van der Waals surface area contributed by atoms with E-state index in [1.54, 1.807) is 0 Å². The van der Waals surface area contributed by atoms with Gasteiger partial charge in [-0.2, -0.15) is 0 Å². The molecule has 2 aromatic rings. The van der Waals surface area contributed by atoms with Gasteiger partial charge in [-0.15, -0.1) is 0 Å². The topological polar surface area (TPSA) is 3.24 Å². The van der Waals surface area contributed by atoms with Gasteiger partial charge in [-0.1, -0.05) is 132 Å². The molecule has 0 heterocycles. The summed E-state index contributed by atoms with van der Waals surface area (Å²) in [4.78, 5) is 2.72. The first-order chi connectivity index (χ1) is 16.3. The maximum Gasteiger partial charge on any atom is 0.0601 e. The zero-order chi connectivity index (χ0) is 24.9. The Morgan fingerprint density at radius 2 is 1.35 bits per heavy atom. The van der Waals surface area contributed by atoms with E-state index in [9.17, 15) is 0 Å². The van der Waals surface area contributed by atoms with E-state index in [-0.39, 0.29) is 0 Å². The second-order valence-electron chi connectivity index (χ2n) is 11.0. The molecule has 0 spiro atoms. The number of allylic oxidation sites excluding steroid dienone is 1. The van der Waals surface area contributed by atoms with E-state index in [4.69, 9.17) is 0 Å². The van der Waals surface area contributed by atoms with Crippen molar-refractivity contribution in [2.75, 3.05) is 13.1 Å². The van der Waals surface area contributed by atoms with Crippen LogP contribution in [-0.4, -0.2) is 18.0 Å². The molecule has 1 atom stereocenters. The largest absolute Gasteiger partial charge is 0.292 e. The number of benzene rings is 2. The minimum atomic E-state index is 0.300. The monoisotopic (exact) mass is 461 g/mol. The smallest absolute Gasteiger partial charge is 0.0601 e. The summed E-state index contributed by atoms with van der Waals surface area (Å²) in [5.41, 5.74) is 6.90. The van der Waals surface area contributed by atoms with Crippen molar-refractivity contribution < 1.29 is 0 Å². The van der Waals surface area contributed by atoms with Crippen LogP contribution in [0.1, 0.15) is 107 Å². The number of unbranched alkanes of at least 4 members (excludes halogenated alkanes) is 1. The van der Waals surface area contributed by atoms with Gasteiger partial charge in [0.05, 0.1) is 6.04 Å². The van der Waals surface area contributed by atoms with Crippen molar-refractivity contribution in [1.82, 2.24) is 4.90 Å². The molecule has 1 nitrogen and oxygen atoms in total.